The van der Waals surface area contributed by atoms with Crippen LogP contribution in [0.2, 0.25) is 0 Å². The molecule has 1 atom stereocenters. The lowest BCUT2D eigenvalue weighted by Gasteiger charge is -2.44. The number of hydrogen-bond donors (Lipinski definition) is 1. The van der Waals surface area contributed by atoms with E-state index in [9.17, 15) is 9.90 Å². The fourth-order valence-electron chi connectivity index (χ4n) is 3.86. The Morgan fingerprint density at radius 3 is 2.54 bits per heavy atom. The minimum absolute atomic E-state index is 0.383. The average Bonchev–Trinajstić information content (AvgIpc) is 2.62. The first-order valence-corrected chi connectivity index (χ1v) is 8.65. The van der Waals surface area contributed by atoms with Crippen LogP contribution in [-0.4, -0.2) is 79.8 Å². The number of methoxy groups -OCH3 is 1. The summed E-state index contributed by atoms with van der Waals surface area (Å²) < 4.78 is 5.47. The number of ether oxygens (including phenoxy) is 1. The number of nitrogens with zero attached hydrogens (tertiary/aromatic N) is 3. The molecule has 6 nitrogen and oxygen atoms in total. The highest BCUT2D eigenvalue weighted by atomic mass is 16.5. The third-order valence-electron chi connectivity index (χ3n) is 5.37. The van der Waals surface area contributed by atoms with Gasteiger partial charge in [0.05, 0.1) is 12.8 Å². The first-order chi connectivity index (χ1) is 11.6. The van der Waals surface area contributed by atoms with Gasteiger partial charge in [0.2, 0.25) is 0 Å². The maximum atomic E-state index is 11.4. The molecule has 0 spiro atoms. The molecule has 1 aromatic carbocycles. The summed E-state index contributed by atoms with van der Waals surface area (Å²) in [6, 6.07) is 8.24. The Kier molecular flexibility index (Phi) is 5.26. The van der Waals surface area contributed by atoms with Crippen LogP contribution in [0.4, 0.5) is 5.69 Å². The van der Waals surface area contributed by atoms with E-state index in [4.69, 9.17) is 4.74 Å². The molecule has 2 aliphatic heterocycles. The summed E-state index contributed by atoms with van der Waals surface area (Å²) in [5.41, 5.74) is 1.15. The molecule has 0 aliphatic carbocycles. The third kappa shape index (κ3) is 3.49. The van der Waals surface area contributed by atoms with Gasteiger partial charge in [0.25, 0.3) is 0 Å². The van der Waals surface area contributed by atoms with Gasteiger partial charge in [0, 0.05) is 38.8 Å². The molecule has 1 N–H and O–H groups in total. The molecule has 1 aromatic rings. The highest BCUT2D eigenvalue weighted by molar-refractivity contribution is 5.73. The van der Waals surface area contributed by atoms with Gasteiger partial charge in [-0.25, -0.2) is 0 Å². The number of piperidine rings is 1. The Bertz CT molecular complexity index is 572. The number of piperazine rings is 1. The molecule has 0 unspecified atom stereocenters. The van der Waals surface area contributed by atoms with Crippen LogP contribution >= 0.6 is 0 Å². The summed E-state index contributed by atoms with van der Waals surface area (Å²) in [5, 5.41) is 9.38. The van der Waals surface area contributed by atoms with E-state index in [1.807, 2.05) is 30.1 Å². The smallest absolute Gasteiger partial charge is 0.322 e. The highest BCUT2D eigenvalue weighted by Gasteiger charge is 2.34. The van der Waals surface area contributed by atoms with Crippen LogP contribution in [0, 0.1) is 0 Å². The molecule has 132 valence electrons. The van der Waals surface area contributed by atoms with Crippen molar-refractivity contribution in [1.29, 1.82) is 0 Å². The second-order valence-corrected chi connectivity index (χ2v) is 6.72. The lowest BCUT2D eigenvalue weighted by atomic mass is 10.00. The molecule has 2 heterocycles. The third-order valence-corrected chi connectivity index (χ3v) is 5.37. The Morgan fingerprint density at radius 1 is 1.17 bits per heavy atom. The van der Waals surface area contributed by atoms with E-state index in [1.165, 1.54) is 0 Å². The number of hydrogen-bond acceptors (Lipinski definition) is 5. The average molecular weight is 333 g/mol. The topological polar surface area (TPSA) is 56.2 Å². The molecule has 0 radical (unpaired) electrons. The summed E-state index contributed by atoms with van der Waals surface area (Å²) in [5.74, 6) is 0.204. The molecule has 6 heteroatoms. The second kappa shape index (κ2) is 7.40. The molecule has 3 rings (SSSR count). The van der Waals surface area contributed by atoms with Crippen LogP contribution in [0.15, 0.2) is 24.3 Å². The number of carboxylic acid groups (broad SMARTS) is 1. The van der Waals surface area contributed by atoms with Gasteiger partial charge < -0.3 is 14.7 Å². The van der Waals surface area contributed by atoms with Crippen LogP contribution in [0.25, 0.3) is 0 Å². The van der Waals surface area contributed by atoms with Gasteiger partial charge in [-0.2, -0.15) is 0 Å². The summed E-state index contributed by atoms with van der Waals surface area (Å²) in [7, 11) is 3.61. The number of carbonyl (C=O) groups is 1. The van der Waals surface area contributed by atoms with Crippen LogP contribution in [0.5, 0.6) is 5.75 Å². The van der Waals surface area contributed by atoms with Crippen molar-refractivity contribution < 1.29 is 14.6 Å². The van der Waals surface area contributed by atoms with Gasteiger partial charge in [-0.05, 0) is 32.0 Å². The zero-order valence-corrected chi connectivity index (χ0v) is 14.5. The lowest BCUT2D eigenvalue weighted by Crippen LogP contribution is -2.58. The zero-order chi connectivity index (χ0) is 17.1. The van der Waals surface area contributed by atoms with Crippen molar-refractivity contribution in [2.75, 3.05) is 51.8 Å². The van der Waals surface area contributed by atoms with Gasteiger partial charge in [-0.3, -0.25) is 14.6 Å². The fraction of sp³-hybridized carbons (Fsp3) is 0.611. The number of rotatable bonds is 4. The van der Waals surface area contributed by atoms with E-state index in [0.717, 1.165) is 50.5 Å². The Hall–Kier alpha value is -1.79. The summed E-state index contributed by atoms with van der Waals surface area (Å²) >= 11 is 0. The molecule has 24 heavy (non-hydrogen) atoms. The van der Waals surface area contributed by atoms with Crippen LogP contribution < -0.4 is 9.64 Å². The van der Waals surface area contributed by atoms with Gasteiger partial charge in [-0.15, -0.1) is 0 Å². The van der Waals surface area contributed by atoms with E-state index in [-0.39, 0.29) is 6.04 Å². The molecule has 2 saturated heterocycles. The van der Waals surface area contributed by atoms with E-state index in [1.54, 1.807) is 7.11 Å². The zero-order valence-electron chi connectivity index (χ0n) is 14.5. The molecule has 0 amide bonds. The van der Waals surface area contributed by atoms with Crippen molar-refractivity contribution in [3.8, 4) is 5.75 Å². The summed E-state index contributed by atoms with van der Waals surface area (Å²) in [6.45, 7) is 4.37. The molecule has 2 fully saturated rings. The lowest BCUT2D eigenvalue weighted by molar-refractivity contribution is -0.145. The number of para-hydroxylation sites is 2. The van der Waals surface area contributed by atoms with Crippen LogP contribution in [-0.2, 0) is 4.79 Å². The first-order valence-electron chi connectivity index (χ1n) is 8.65. The van der Waals surface area contributed by atoms with Crippen LogP contribution in [0.1, 0.15) is 12.8 Å². The predicted octanol–water partition coefficient (Wildman–Crippen LogP) is 1.36. The van der Waals surface area contributed by atoms with E-state index in [2.05, 4.69) is 15.9 Å². The number of likely N-dealkylation sites (N-methyl/N-ethyl adjacent to an activating group) is 1. The van der Waals surface area contributed by atoms with Crippen molar-refractivity contribution in [2.24, 2.45) is 0 Å². The monoisotopic (exact) mass is 333 g/mol. The minimum atomic E-state index is -0.714. The second-order valence-electron chi connectivity index (χ2n) is 6.72. The standard InChI is InChI=1S/C18H27N3O3/c1-19-11-12-21(13-16(19)18(22)23)14-7-9-20(10-8-14)15-5-3-4-6-17(15)24-2/h3-6,14,16H,7-13H2,1-2H3,(H,22,23)/t16-/m1/s1. The van der Waals surface area contributed by atoms with Gasteiger partial charge in [-0.1, -0.05) is 12.1 Å². The molecule has 2 aliphatic rings. The highest BCUT2D eigenvalue weighted by Crippen LogP contribution is 2.31. The van der Waals surface area contributed by atoms with Crippen molar-refractivity contribution in [3.05, 3.63) is 24.3 Å². The number of anilines is 1. The molecule has 0 saturated carbocycles. The van der Waals surface area contributed by atoms with Crippen molar-refractivity contribution in [1.82, 2.24) is 9.80 Å². The van der Waals surface area contributed by atoms with Crippen molar-refractivity contribution in [2.45, 2.75) is 24.9 Å². The number of aliphatic carboxylic acids is 1. The van der Waals surface area contributed by atoms with Crippen molar-refractivity contribution in [3.63, 3.8) is 0 Å². The van der Waals surface area contributed by atoms with E-state index < -0.39 is 5.97 Å². The van der Waals surface area contributed by atoms with E-state index in [0.29, 0.717) is 12.6 Å². The van der Waals surface area contributed by atoms with Gasteiger partial charge >= 0.3 is 5.97 Å². The molecule has 0 bridgehead atoms. The molecular formula is C18H27N3O3. The first kappa shape index (κ1) is 17.0. The molecular weight excluding hydrogens is 306 g/mol. The van der Waals surface area contributed by atoms with E-state index >= 15 is 0 Å². The Morgan fingerprint density at radius 2 is 1.88 bits per heavy atom. The quantitative estimate of drug-likeness (QED) is 0.898. The summed E-state index contributed by atoms with van der Waals surface area (Å²) in [4.78, 5) is 18.1. The van der Waals surface area contributed by atoms with Gasteiger partial charge in [0.1, 0.15) is 11.8 Å². The SMILES string of the molecule is COc1ccccc1N1CCC(N2CCN(C)[C@@H](C(=O)O)C2)CC1. The number of benzene rings is 1. The fourth-order valence-corrected chi connectivity index (χ4v) is 3.86. The maximum absolute atomic E-state index is 11.4. The Balaban J connectivity index is 1.60. The Labute approximate surface area is 143 Å². The normalized spacial score (nSPS) is 24.1. The number of carboxylic acids is 1. The largest absolute Gasteiger partial charge is 0.495 e. The maximum Gasteiger partial charge on any atom is 0.322 e. The van der Waals surface area contributed by atoms with Gasteiger partial charge in [0.15, 0.2) is 0 Å². The van der Waals surface area contributed by atoms with Crippen molar-refractivity contribution >= 4 is 11.7 Å². The summed E-state index contributed by atoms with van der Waals surface area (Å²) in [6.07, 6.45) is 2.13. The molecule has 0 aromatic heterocycles. The van der Waals surface area contributed by atoms with Crippen LogP contribution in [0.3, 0.4) is 0 Å². The minimum Gasteiger partial charge on any atom is -0.495 e. The predicted molar refractivity (Wildman–Crippen MR) is 93.9 cm³/mol.